The first kappa shape index (κ1) is 19.7. The lowest BCUT2D eigenvalue weighted by atomic mass is 10.2. The second-order valence-electron chi connectivity index (χ2n) is 5.54. The van der Waals surface area contributed by atoms with Gasteiger partial charge in [-0.2, -0.15) is 5.10 Å². The van der Waals surface area contributed by atoms with Gasteiger partial charge >= 0.3 is 11.8 Å². The molecule has 1 aromatic heterocycles. The number of rotatable bonds is 6. The van der Waals surface area contributed by atoms with Gasteiger partial charge < -0.3 is 10.6 Å². The summed E-state index contributed by atoms with van der Waals surface area (Å²) in [5, 5.41) is 8.68. The minimum Gasteiger partial charge on any atom is -0.352 e. The first-order valence-electron chi connectivity index (χ1n) is 8.00. The van der Waals surface area contributed by atoms with Crippen molar-refractivity contribution in [2.45, 2.75) is 19.9 Å². The highest BCUT2D eigenvalue weighted by Gasteiger charge is 2.14. The molecule has 0 fully saturated rings. The van der Waals surface area contributed by atoms with Crippen LogP contribution in [0.2, 0.25) is 0 Å². The molecule has 140 valence electrons. The molecule has 0 aliphatic carbocycles. The van der Waals surface area contributed by atoms with Gasteiger partial charge in [-0.15, -0.1) is 0 Å². The van der Waals surface area contributed by atoms with Crippen LogP contribution in [0.1, 0.15) is 18.9 Å². The molecule has 1 heterocycles. The third-order valence-electron chi connectivity index (χ3n) is 3.28. The van der Waals surface area contributed by atoms with E-state index in [2.05, 4.69) is 26.1 Å². The lowest BCUT2D eigenvalue weighted by Gasteiger charge is -2.06. The van der Waals surface area contributed by atoms with Crippen LogP contribution in [-0.2, 0) is 20.9 Å². The van der Waals surface area contributed by atoms with Crippen LogP contribution in [0.3, 0.4) is 0 Å². The van der Waals surface area contributed by atoms with Crippen LogP contribution in [0.4, 0.5) is 10.2 Å². The zero-order chi connectivity index (χ0) is 19.6. The normalized spacial score (nSPS) is 10.8. The fourth-order valence-electron chi connectivity index (χ4n) is 1.94. The van der Waals surface area contributed by atoms with Crippen molar-refractivity contribution in [3.05, 3.63) is 60.0 Å². The quantitative estimate of drug-likeness (QED) is 0.404. The van der Waals surface area contributed by atoms with E-state index in [9.17, 15) is 18.8 Å². The molecule has 1 aromatic carbocycles. The Morgan fingerprint density at radius 2 is 1.81 bits per heavy atom. The number of aromatic nitrogens is 1. The van der Waals surface area contributed by atoms with Crippen LogP contribution >= 0.6 is 0 Å². The Hall–Kier alpha value is -3.62. The van der Waals surface area contributed by atoms with Crippen molar-refractivity contribution in [1.29, 1.82) is 0 Å². The maximum Gasteiger partial charge on any atom is 0.329 e. The molecule has 0 aliphatic heterocycles. The van der Waals surface area contributed by atoms with Gasteiger partial charge in [0.15, 0.2) is 0 Å². The summed E-state index contributed by atoms with van der Waals surface area (Å²) < 4.78 is 12.8. The first-order valence-corrected chi connectivity index (χ1v) is 8.00. The molecule has 2 rings (SSSR count). The van der Waals surface area contributed by atoms with Crippen LogP contribution in [0.5, 0.6) is 0 Å². The summed E-state index contributed by atoms with van der Waals surface area (Å²) in [6, 6.07) is 10.6. The number of nitrogens with one attached hydrogen (secondary N) is 3. The molecule has 0 bridgehead atoms. The van der Waals surface area contributed by atoms with E-state index in [0.717, 1.165) is 5.56 Å². The van der Waals surface area contributed by atoms with E-state index < -0.39 is 11.8 Å². The van der Waals surface area contributed by atoms with Gasteiger partial charge in [0.05, 0.1) is 6.42 Å². The molecule has 0 aliphatic rings. The molecule has 2 aromatic rings. The molecule has 0 saturated heterocycles. The molecule has 8 nitrogen and oxygen atoms in total. The van der Waals surface area contributed by atoms with E-state index in [4.69, 9.17) is 0 Å². The fourth-order valence-corrected chi connectivity index (χ4v) is 1.94. The number of hydrogen-bond acceptors (Lipinski definition) is 5. The minimum absolute atomic E-state index is 0.0661. The van der Waals surface area contributed by atoms with Gasteiger partial charge in [0.1, 0.15) is 11.6 Å². The summed E-state index contributed by atoms with van der Waals surface area (Å²) >= 11 is 0. The highest BCUT2D eigenvalue weighted by atomic mass is 19.1. The summed E-state index contributed by atoms with van der Waals surface area (Å²) in [5.41, 5.74) is 3.14. The smallest absolute Gasteiger partial charge is 0.329 e. The summed E-state index contributed by atoms with van der Waals surface area (Å²) in [6.45, 7) is 1.78. The third-order valence-corrected chi connectivity index (χ3v) is 3.28. The average Bonchev–Trinajstić information content (AvgIpc) is 2.66. The second-order valence-corrected chi connectivity index (χ2v) is 5.54. The van der Waals surface area contributed by atoms with Gasteiger partial charge in [-0.25, -0.2) is 14.8 Å². The maximum atomic E-state index is 12.8. The molecular weight excluding hydrogens is 353 g/mol. The Morgan fingerprint density at radius 1 is 1.07 bits per heavy atom. The Balaban J connectivity index is 1.75. The number of amides is 3. The summed E-state index contributed by atoms with van der Waals surface area (Å²) in [6.07, 6.45) is 1.41. The predicted octanol–water partition coefficient (Wildman–Crippen LogP) is 1.36. The number of hydrogen-bond donors (Lipinski definition) is 3. The Kier molecular flexibility index (Phi) is 7.12. The number of hydrazone groups is 1. The molecule has 3 amide bonds. The number of carbonyl (C=O) groups is 3. The topological polar surface area (TPSA) is 113 Å². The van der Waals surface area contributed by atoms with E-state index in [-0.39, 0.29) is 30.5 Å². The van der Waals surface area contributed by atoms with E-state index in [1.165, 1.54) is 31.3 Å². The van der Waals surface area contributed by atoms with Crippen molar-refractivity contribution in [2.75, 3.05) is 5.32 Å². The minimum atomic E-state index is -0.980. The van der Waals surface area contributed by atoms with Gasteiger partial charge in [0.2, 0.25) is 5.91 Å². The van der Waals surface area contributed by atoms with Crippen LogP contribution in [-0.4, -0.2) is 28.4 Å². The van der Waals surface area contributed by atoms with Gasteiger partial charge in [0, 0.05) is 18.5 Å². The first-order chi connectivity index (χ1) is 12.9. The van der Waals surface area contributed by atoms with Crippen LogP contribution < -0.4 is 16.1 Å². The zero-order valence-electron chi connectivity index (χ0n) is 14.5. The summed E-state index contributed by atoms with van der Waals surface area (Å²) in [5.74, 6) is -2.35. The Bertz CT molecular complexity index is 838. The fraction of sp³-hybridized carbons (Fsp3) is 0.167. The maximum absolute atomic E-state index is 12.8. The molecule has 0 saturated carbocycles. The molecule has 0 spiro atoms. The summed E-state index contributed by atoms with van der Waals surface area (Å²) in [7, 11) is 0. The van der Waals surface area contributed by atoms with Gasteiger partial charge in [-0.3, -0.25) is 14.4 Å². The summed E-state index contributed by atoms with van der Waals surface area (Å²) in [4.78, 5) is 39.1. The average molecular weight is 371 g/mol. The van der Waals surface area contributed by atoms with Crippen LogP contribution in [0.25, 0.3) is 0 Å². The van der Waals surface area contributed by atoms with Crippen molar-refractivity contribution in [3.63, 3.8) is 0 Å². The van der Waals surface area contributed by atoms with Gasteiger partial charge in [-0.1, -0.05) is 18.2 Å². The zero-order valence-corrected chi connectivity index (χ0v) is 14.5. The molecule has 0 radical (unpaired) electrons. The molecular formula is C18H18FN5O3. The van der Waals surface area contributed by atoms with E-state index >= 15 is 0 Å². The van der Waals surface area contributed by atoms with Crippen molar-refractivity contribution in [3.8, 4) is 0 Å². The highest BCUT2D eigenvalue weighted by Crippen LogP contribution is 2.02. The third kappa shape index (κ3) is 7.02. The van der Waals surface area contributed by atoms with Crippen molar-refractivity contribution in [2.24, 2.45) is 5.10 Å². The van der Waals surface area contributed by atoms with Crippen molar-refractivity contribution >= 4 is 29.3 Å². The molecule has 9 heteroatoms. The highest BCUT2D eigenvalue weighted by molar-refractivity contribution is 6.39. The number of benzene rings is 1. The van der Waals surface area contributed by atoms with Crippen LogP contribution in [0, 0.1) is 5.82 Å². The van der Waals surface area contributed by atoms with Crippen molar-refractivity contribution < 1.29 is 18.8 Å². The van der Waals surface area contributed by atoms with Crippen molar-refractivity contribution in [1.82, 2.24) is 15.7 Å². The predicted molar refractivity (Wildman–Crippen MR) is 97.0 cm³/mol. The number of pyridine rings is 1. The standard InChI is InChI=1S/C18H18FN5O3/c1-12(10-16(25)21-11-13-5-7-14(19)8-6-13)23-24-18(27)17(26)22-15-4-2-3-9-20-15/h2-9H,10-11H2,1H3,(H,21,25)(H,24,27)(H,20,22,26). The van der Waals surface area contributed by atoms with Crippen LogP contribution in [0.15, 0.2) is 53.8 Å². The monoisotopic (exact) mass is 371 g/mol. The Labute approximate surface area is 154 Å². The number of halogens is 1. The molecule has 3 N–H and O–H groups in total. The van der Waals surface area contributed by atoms with Gasteiger partial charge in [-0.05, 0) is 36.8 Å². The SMILES string of the molecule is CC(CC(=O)NCc1ccc(F)cc1)=NNC(=O)C(=O)Nc1ccccn1. The number of carbonyl (C=O) groups excluding carboxylic acids is 3. The number of nitrogens with zero attached hydrogens (tertiary/aromatic N) is 2. The number of anilines is 1. The van der Waals surface area contributed by atoms with E-state index in [1.54, 1.807) is 24.3 Å². The van der Waals surface area contributed by atoms with Gasteiger partial charge in [0.25, 0.3) is 0 Å². The second kappa shape index (κ2) is 9.76. The largest absolute Gasteiger partial charge is 0.352 e. The molecule has 0 unspecified atom stereocenters. The molecule has 0 atom stereocenters. The van der Waals surface area contributed by atoms with E-state index in [0.29, 0.717) is 5.71 Å². The lowest BCUT2D eigenvalue weighted by molar-refractivity contribution is -0.136. The molecule has 27 heavy (non-hydrogen) atoms. The van der Waals surface area contributed by atoms with E-state index in [1.807, 2.05) is 0 Å². The Morgan fingerprint density at radius 3 is 2.48 bits per heavy atom. The lowest BCUT2D eigenvalue weighted by Crippen LogP contribution is -2.33.